The molecule has 1 fully saturated rings. The summed E-state index contributed by atoms with van der Waals surface area (Å²) in [5.74, 6) is 0.527. The zero-order chi connectivity index (χ0) is 23.2. The van der Waals surface area contributed by atoms with Crippen molar-refractivity contribution in [2.45, 2.75) is 77.0 Å². The smallest absolute Gasteiger partial charge is 0.271 e. The minimum atomic E-state index is -1.03. The van der Waals surface area contributed by atoms with Gasteiger partial charge >= 0.3 is 0 Å². The molecule has 1 aliphatic heterocycles. The van der Waals surface area contributed by atoms with Crippen LogP contribution in [0.25, 0.3) is 11.1 Å². The molecule has 0 bridgehead atoms. The van der Waals surface area contributed by atoms with E-state index in [9.17, 15) is 9.59 Å². The number of hydrogen-bond donors (Lipinski definition) is 1. The summed E-state index contributed by atoms with van der Waals surface area (Å²) in [7, 11) is 0. The number of aryl methyl sites for hydroxylation is 1. The van der Waals surface area contributed by atoms with E-state index in [1.807, 2.05) is 48.7 Å². The van der Waals surface area contributed by atoms with Crippen molar-refractivity contribution >= 4 is 34.5 Å². The van der Waals surface area contributed by atoms with Crippen LogP contribution in [-0.2, 0) is 17.9 Å². The lowest BCUT2D eigenvalue weighted by Crippen LogP contribution is -2.64. The van der Waals surface area contributed by atoms with E-state index in [-0.39, 0.29) is 17.9 Å². The predicted octanol–water partition coefficient (Wildman–Crippen LogP) is 5.45. The van der Waals surface area contributed by atoms with Gasteiger partial charge in [0.05, 0.1) is 12.1 Å². The molecule has 5 rings (SSSR count). The van der Waals surface area contributed by atoms with Gasteiger partial charge in [-0.2, -0.15) is 0 Å². The molecule has 2 amide bonds. The maximum absolute atomic E-state index is 13.8. The van der Waals surface area contributed by atoms with Crippen LogP contribution in [0.1, 0.15) is 67.3 Å². The second-order valence-electron chi connectivity index (χ2n) is 9.68. The van der Waals surface area contributed by atoms with Crippen LogP contribution >= 0.6 is 11.6 Å². The van der Waals surface area contributed by atoms with E-state index in [1.165, 1.54) is 12.8 Å². The van der Waals surface area contributed by atoms with E-state index >= 15 is 0 Å². The van der Waals surface area contributed by atoms with Crippen molar-refractivity contribution in [2.75, 3.05) is 0 Å². The van der Waals surface area contributed by atoms with E-state index in [1.54, 1.807) is 11.0 Å². The van der Waals surface area contributed by atoms with Crippen LogP contribution in [0, 0.1) is 6.92 Å². The van der Waals surface area contributed by atoms with Crippen molar-refractivity contribution in [3.8, 4) is 0 Å². The molecule has 33 heavy (non-hydrogen) atoms. The van der Waals surface area contributed by atoms with Crippen LogP contribution in [0.5, 0.6) is 0 Å². The first-order valence-electron chi connectivity index (χ1n) is 11.8. The first-order valence-corrected chi connectivity index (χ1v) is 12.2. The third kappa shape index (κ3) is 4.05. The summed E-state index contributed by atoms with van der Waals surface area (Å²) in [4.78, 5) is 29.3. The number of nitrogens with one attached hydrogen (secondary N) is 1. The van der Waals surface area contributed by atoms with Crippen molar-refractivity contribution in [1.82, 2.24) is 14.8 Å². The molecule has 1 saturated carbocycles. The number of amides is 2. The lowest BCUT2D eigenvalue weighted by atomic mass is 9.93. The molecule has 1 unspecified atom stereocenters. The van der Waals surface area contributed by atoms with E-state index in [4.69, 9.17) is 16.0 Å². The normalized spacial score (nSPS) is 21.8. The fourth-order valence-corrected chi connectivity index (χ4v) is 5.37. The van der Waals surface area contributed by atoms with Crippen LogP contribution in [0.3, 0.4) is 0 Å². The molecule has 174 valence electrons. The second-order valence-corrected chi connectivity index (χ2v) is 10.1. The number of aromatic nitrogens is 1. The van der Waals surface area contributed by atoms with Crippen LogP contribution < -0.4 is 5.32 Å². The van der Waals surface area contributed by atoms with Gasteiger partial charge in [0.15, 0.2) is 5.58 Å². The average molecular weight is 468 g/mol. The Morgan fingerprint density at radius 2 is 1.85 bits per heavy atom. The van der Waals surface area contributed by atoms with E-state index in [0.717, 1.165) is 42.5 Å². The molecule has 1 aliphatic carbocycles. The van der Waals surface area contributed by atoms with Gasteiger partial charge in [-0.25, -0.2) is 0 Å². The molecule has 2 aromatic heterocycles. The quantitative estimate of drug-likeness (QED) is 0.519. The molecule has 3 aromatic rings. The molecule has 1 aromatic carbocycles. The van der Waals surface area contributed by atoms with Crippen molar-refractivity contribution in [3.63, 3.8) is 0 Å². The minimum absolute atomic E-state index is 0.0931. The zero-order valence-electron chi connectivity index (χ0n) is 19.2. The highest BCUT2D eigenvalue weighted by molar-refractivity contribution is 6.30. The maximum Gasteiger partial charge on any atom is 0.271 e. The molecule has 1 atom stereocenters. The van der Waals surface area contributed by atoms with Crippen LogP contribution in [0.15, 0.2) is 40.8 Å². The number of carbonyl (C=O) groups is 2. The van der Waals surface area contributed by atoms with E-state index < -0.39 is 5.54 Å². The van der Waals surface area contributed by atoms with Crippen molar-refractivity contribution < 1.29 is 14.0 Å². The summed E-state index contributed by atoms with van der Waals surface area (Å²) in [6.07, 6.45) is 6.68. The summed E-state index contributed by atoms with van der Waals surface area (Å²) in [6.45, 7) is 4.48. The number of hydrogen-bond acceptors (Lipinski definition) is 3. The average Bonchev–Trinajstić information content (AvgIpc) is 3.18. The number of halogens is 1. The highest BCUT2D eigenvalue weighted by Crippen LogP contribution is 2.35. The molecule has 1 N–H and O–H groups in total. The Balaban J connectivity index is 1.52. The predicted molar refractivity (Wildman–Crippen MR) is 128 cm³/mol. The number of furan rings is 1. The lowest BCUT2D eigenvalue weighted by molar-refractivity contribution is -0.134. The van der Waals surface area contributed by atoms with Crippen LogP contribution in [0.4, 0.5) is 0 Å². The Morgan fingerprint density at radius 3 is 2.55 bits per heavy atom. The first kappa shape index (κ1) is 22.1. The van der Waals surface area contributed by atoms with Gasteiger partial charge in [-0.05, 0) is 44.4 Å². The highest BCUT2D eigenvalue weighted by atomic mass is 35.5. The molecule has 7 heteroatoms. The van der Waals surface area contributed by atoms with Crippen LogP contribution in [0.2, 0.25) is 5.02 Å². The van der Waals surface area contributed by atoms with Gasteiger partial charge in [-0.15, -0.1) is 0 Å². The highest BCUT2D eigenvalue weighted by Gasteiger charge is 2.48. The summed E-state index contributed by atoms with van der Waals surface area (Å²) < 4.78 is 7.74. The molecule has 0 saturated heterocycles. The molecular weight excluding hydrogens is 438 g/mol. The lowest BCUT2D eigenvalue weighted by Gasteiger charge is -2.44. The topological polar surface area (TPSA) is 67.5 Å². The second kappa shape index (κ2) is 8.56. The summed E-state index contributed by atoms with van der Waals surface area (Å²) in [5, 5.41) is 3.94. The standard InChI is InChI=1S/C26H30ClN3O3/c1-17-13-21-23(33-17)14-22-24(31)30(15-18-9-11-19(27)12-10-18)26(2,16-29(21)22)25(32)28-20-7-5-3-4-6-8-20/h9-14,20H,3-8,15-16H2,1-2H3,(H,28,32). The fraction of sp³-hybridized carbons (Fsp3) is 0.462. The van der Waals surface area contributed by atoms with Crippen molar-refractivity contribution in [2.24, 2.45) is 0 Å². The largest absolute Gasteiger partial charge is 0.460 e. The van der Waals surface area contributed by atoms with Gasteiger partial charge in [-0.1, -0.05) is 49.4 Å². The summed E-state index contributed by atoms with van der Waals surface area (Å²) >= 11 is 6.07. The molecular formula is C26H30ClN3O3. The Morgan fingerprint density at radius 1 is 1.15 bits per heavy atom. The third-order valence-electron chi connectivity index (χ3n) is 7.17. The Hall–Kier alpha value is -2.73. The SMILES string of the molecule is Cc1cc2c(cc3n2CC(C)(C(=O)NC2CCCCCC2)N(Cc2ccc(Cl)cc2)C3=O)o1. The monoisotopic (exact) mass is 467 g/mol. The van der Waals surface area contributed by atoms with Gasteiger partial charge in [0.25, 0.3) is 5.91 Å². The van der Waals surface area contributed by atoms with E-state index in [0.29, 0.717) is 29.4 Å². The van der Waals surface area contributed by atoms with Gasteiger partial charge < -0.3 is 19.2 Å². The maximum atomic E-state index is 13.8. The third-order valence-corrected chi connectivity index (χ3v) is 7.42. The summed E-state index contributed by atoms with van der Waals surface area (Å²) in [6, 6.07) is 11.3. The Kier molecular flexibility index (Phi) is 5.73. The number of fused-ring (bicyclic) bond motifs is 3. The van der Waals surface area contributed by atoms with E-state index in [2.05, 4.69) is 5.32 Å². The molecule has 0 radical (unpaired) electrons. The van der Waals surface area contributed by atoms with Crippen LogP contribution in [-0.4, -0.2) is 32.9 Å². The number of rotatable bonds is 4. The van der Waals surface area contributed by atoms with Gasteiger partial charge in [0.2, 0.25) is 5.91 Å². The van der Waals surface area contributed by atoms with Gasteiger partial charge in [0.1, 0.15) is 17.0 Å². The fourth-order valence-electron chi connectivity index (χ4n) is 5.25. The molecule has 2 aliphatic rings. The van der Waals surface area contributed by atoms with Gasteiger partial charge in [0, 0.05) is 29.7 Å². The number of carbonyl (C=O) groups excluding carboxylic acids is 2. The number of nitrogens with zero attached hydrogens (tertiary/aromatic N) is 2. The Bertz CT molecular complexity index is 1190. The minimum Gasteiger partial charge on any atom is -0.460 e. The summed E-state index contributed by atoms with van der Waals surface area (Å²) in [5.41, 5.74) is 1.98. The molecule has 3 heterocycles. The van der Waals surface area contributed by atoms with Crippen molar-refractivity contribution in [1.29, 1.82) is 0 Å². The first-order chi connectivity index (χ1) is 15.8. The van der Waals surface area contributed by atoms with Crippen molar-refractivity contribution in [3.05, 3.63) is 58.4 Å². The zero-order valence-corrected chi connectivity index (χ0v) is 20.0. The molecule has 0 spiro atoms. The molecule has 6 nitrogen and oxygen atoms in total. The van der Waals surface area contributed by atoms with Gasteiger partial charge in [-0.3, -0.25) is 9.59 Å². The number of benzene rings is 1. The Labute approximate surface area is 198 Å².